The number of hydrogen-bond acceptors (Lipinski definition) is 10. The Morgan fingerprint density at radius 3 is 0.900 bits per heavy atom. The molecule has 0 saturated carbocycles. The Morgan fingerprint density at radius 1 is 0.360 bits per heavy atom. The van der Waals surface area contributed by atoms with E-state index in [0.29, 0.717) is 11.4 Å². The summed E-state index contributed by atoms with van der Waals surface area (Å²) < 4.78 is 0. The minimum Gasteiger partial charge on any atom is -0.507 e. The number of anilines is 6. The van der Waals surface area contributed by atoms with Gasteiger partial charge in [-0.1, -0.05) is 72.1 Å². The van der Waals surface area contributed by atoms with Crippen molar-refractivity contribution in [3.05, 3.63) is 144 Å². The Bertz CT molecular complexity index is 2170. The van der Waals surface area contributed by atoms with E-state index in [9.17, 15) is 30.6 Å². The third-order valence-electron chi connectivity index (χ3n) is 8.99. The molecular formula is C40H26N2O6S2. The number of aromatic hydroxyl groups is 4. The highest BCUT2D eigenvalue weighted by atomic mass is 32.2. The topological polar surface area (TPSA) is 128 Å². The Morgan fingerprint density at radius 2 is 0.620 bits per heavy atom. The van der Waals surface area contributed by atoms with Crippen molar-refractivity contribution >= 4 is 68.8 Å². The van der Waals surface area contributed by atoms with Gasteiger partial charge in [-0.2, -0.15) is 0 Å². The van der Waals surface area contributed by atoms with Crippen LogP contribution < -0.4 is 9.80 Å². The molecule has 6 aromatic rings. The lowest BCUT2D eigenvalue weighted by Gasteiger charge is -2.34. The Kier molecular flexibility index (Phi) is 6.74. The van der Waals surface area contributed by atoms with Crippen molar-refractivity contribution in [3.63, 3.8) is 0 Å². The van der Waals surface area contributed by atoms with Crippen LogP contribution in [0.3, 0.4) is 0 Å². The molecule has 6 aromatic carbocycles. The number of phenols is 4. The highest BCUT2D eigenvalue weighted by Gasteiger charge is 2.38. The number of fused-ring (bicyclic) bond motifs is 4. The van der Waals surface area contributed by atoms with Gasteiger partial charge in [0.1, 0.15) is 34.5 Å². The van der Waals surface area contributed by atoms with Crippen molar-refractivity contribution in [1.82, 2.24) is 0 Å². The predicted octanol–water partition coefficient (Wildman–Crippen LogP) is 10.6. The van der Waals surface area contributed by atoms with Crippen LogP contribution in [0.15, 0.2) is 152 Å². The van der Waals surface area contributed by atoms with E-state index in [4.69, 9.17) is 0 Å². The van der Waals surface area contributed by atoms with Crippen LogP contribution in [0, 0.1) is 0 Å². The molecule has 0 atom stereocenters. The maximum absolute atomic E-state index is 11.3. The van der Waals surface area contributed by atoms with Crippen LogP contribution in [-0.4, -0.2) is 30.6 Å². The molecule has 0 saturated heterocycles. The number of nitrogens with zero attached hydrogens (tertiary/aromatic N) is 2. The molecule has 50 heavy (non-hydrogen) atoms. The van der Waals surface area contributed by atoms with Gasteiger partial charge in [0.2, 0.25) is 0 Å². The quantitative estimate of drug-likeness (QED) is 0.106. The molecule has 0 unspecified atom stereocenters. The zero-order valence-corrected chi connectivity index (χ0v) is 27.6. The van der Waals surface area contributed by atoms with Crippen molar-refractivity contribution in [2.75, 3.05) is 9.80 Å². The van der Waals surface area contributed by atoms with Crippen molar-refractivity contribution < 1.29 is 30.6 Å². The molecule has 6 N–H and O–H groups in total. The summed E-state index contributed by atoms with van der Waals surface area (Å²) in [6, 6.07) is 37.1. The van der Waals surface area contributed by atoms with Crippen LogP contribution in [-0.2, 0) is 0 Å². The molecule has 0 bridgehead atoms. The van der Waals surface area contributed by atoms with Gasteiger partial charge in [0.05, 0.1) is 56.4 Å². The van der Waals surface area contributed by atoms with E-state index in [1.807, 2.05) is 107 Å². The number of rotatable bonds is 4. The highest BCUT2D eigenvalue weighted by molar-refractivity contribution is 8.00. The first kappa shape index (κ1) is 30.0. The number of allylic oxidation sites excluding steroid dienone is 2. The van der Waals surface area contributed by atoms with Gasteiger partial charge < -0.3 is 40.4 Å². The fourth-order valence-electron chi connectivity index (χ4n) is 6.82. The summed E-state index contributed by atoms with van der Waals surface area (Å²) in [5, 5.41) is 67.8. The second-order valence-electron chi connectivity index (χ2n) is 11.9. The van der Waals surface area contributed by atoms with Gasteiger partial charge in [-0.05, 0) is 48.5 Å². The third-order valence-corrected chi connectivity index (χ3v) is 11.3. The van der Waals surface area contributed by atoms with Gasteiger partial charge in [0.25, 0.3) is 0 Å². The SMILES string of the molecule is OC1=C(c2c(O)cc(N3c4ccccc4Sc4ccccc43)cc2O)C(O)=C1c1c(O)cc(N2c3ccccc3Sc3ccccc32)cc1O. The van der Waals surface area contributed by atoms with Crippen LogP contribution in [0.1, 0.15) is 11.1 Å². The summed E-state index contributed by atoms with van der Waals surface area (Å²) in [5.41, 5.74) is 3.60. The summed E-state index contributed by atoms with van der Waals surface area (Å²) in [6.07, 6.45) is 0. The van der Waals surface area contributed by atoms with E-state index in [-0.39, 0.29) is 45.3 Å². The molecule has 244 valence electrons. The molecule has 8 nitrogen and oxygen atoms in total. The molecular weight excluding hydrogens is 669 g/mol. The lowest BCUT2D eigenvalue weighted by molar-refractivity contribution is 0.382. The third kappa shape index (κ3) is 4.42. The van der Waals surface area contributed by atoms with Crippen LogP contribution in [0.2, 0.25) is 0 Å². The Labute approximate surface area is 294 Å². The van der Waals surface area contributed by atoms with Gasteiger partial charge in [0.15, 0.2) is 0 Å². The second-order valence-corrected chi connectivity index (χ2v) is 14.1. The van der Waals surface area contributed by atoms with Crippen molar-refractivity contribution in [2.45, 2.75) is 19.6 Å². The van der Waals surface area contributed by atoms with Gasteiger partial charge in [-0.15, -0.1) is 0 Å². The fourth-order valence-corrected chi connectivity index (χ4v) is 8.93. The van der Waals surface area contributed by atoms with Gasteiger partial charge in [0, 0.05) is 43.8 Å². The average Bonchev–Trinajstić information content (AvgIpc) is 3.12. The van der Waals surface area contributed by atoms with Crippen LogP contribution >= 0.6 is 23.5 Å². The molecule has 0 fully saturated rings. The van der Waals surface area contributed by atoms with Crippen molar-refractivity contribution in [1.29, 1.82) is 0 Å². The Hall–Kier alpha value is -6.10. The number of hydrogen-bond donors (Lipinski definition) is 6. The monoisotopic (exact) mass is 694 g/mol. The minimum absolute atomic E-state index is 0.185. The van der Waals surface area contributed by atoms with Crippen molar-refractivity contribution in [3.8, 4) is 23.0 Å². The van der Waals surface area contributed by atoms with Crippen LogP contribution in [0.4, 0.5) is 34.1 Å². The Balaban J connectivity index is 1.09. The molecule has 10 heteroatoms. The highest BCUT2D eigenvalue weighted by Crippen LogP contribution is 2.58. The van der Waals surface area contributed by atoms with Gasteiger partial charge >= 0.3 is 0 Å². The zero-order chi connectivity index (χ0) is 34.3. The maximum Gasteiger partial charge on any atom is 0.139 e. The molecule has 2 heterocycles. The van der Waals surface area contributed by atoms with E-state index in [1.165, 1.54) is 24.3 Å². The minimum atomic E-state index is -0.505. The standard InChI is InChI=1S/C40H26N2O6S2/c43-27-17-21(41-23-9-1-5-13-31(23)49-32-14-6-2-10-24(32)41)18-28(44)35(27)37-39(47)38(40(37)48)36-29(45)19-22(20-30(36)46)42-25-11-3-7-15-33(25)50-34-16-8-4-12-26(34)42/h1-20,43-48H. The molecule has 0 amide bonds. The number of benzene rings is 6. The largest absolute Gasteiger partial charge is 0.507 e. The van der Waals surface area contributed by atoms with E-state index in [1.54, 1.807) is 23.5 Å². The van der Waals surface area contributed by atoms with Gasteiger partial charge in [-0.3, -0.25) is 0 Å². The number of para-hydroxylation sites is 4. The van der Waals surface area contributed by atoms with Crippen molar-refractivity contribution in [2.24, 2.45) is 0 Å². The summed E-state index contributed by atoms with van der Waals surface area (Å²) in [7, 11) is 0. The number of aliphatic hydroxyl groups excluding tert-OH is 2. The fraction of sp³-hybridized carbons (Fsp3) is 0. The summed E-state index contributed by atoms with van der Waals surface area (Å²) in [6.45, 7) is 0. The molecule has 0 radical (unpaired) electrons. The molecule has 3 aliphatic rings. The zero-order valence-electron chi connectivity index (χ0n) is 25.9. The lowest BCUT2D eigenvalue weighted by Crippen LogP contribution is -2.16. The van der Waals surface area contributed by atoms with E-state index in [2.05, 4.69) is 0 Å². The molecule has 2 aliphatic heterocycles. The maximum atomic E-state index is 11.3. The first-order valence-corrected chi connectivity index (χ1v) is 17.3. The average molecular weight is 695 g/mol. The summed E-state index contributed by atoms with van der Waals surface area (Å²) in [5.74, 6) is -2.55. The first-order valence-electron chi connectivity index (χ1n) is 15.6. The van der Waals surface area contributed by atoms with Crippen LogP contribution in [0.5, 0.6) is 23.0 Å². The normalized spacial score (nSPS) is 14.5. The predicted molar refractivity (Wildman–Crippen MR) is 196 cm³/mol. The van der Waals surface area contributed by atoms with E-state index < -0.39 is 11.5 Å². The molecule has 1 aliphatic carbocycles. The summed E-state index contributed by atoms with van der Waals surface area (Å²) in [4.78, 5) is 7.84. The second kappa shape index (κ2) is 11.2. The van der Waals surface area contributed by atoms with E-state index in [0.717, 1.165) is 42.3 Å². The summed E-state index contributed by atoms with van der Waals surface area (Å²) >= 11 is 3.25. The lowest BCUT2D eigenvalue weighted by atomic mass is 9.83. The van der Waals surface area contributed by atoms with Gasteiger partial charge in [-0.25, -0.2) is 0 Å². The number of aliphatic hydroxyl groups is 2. The van der Waals surface area contributed by atoms with Crippen LogP contribution in [0.25, 0.3) is 11.1 Å². The molecule has 9 rings (SSSR count). The smallest absolute Gasteiger partial charge is 0.139 e. The molecule has 0 aromatic heterocycles. The molecule has 0 spiro atoms. The first-order chi connectivity index (χ1) is 24.3. The van der Waals surface area contributed by atoms with E-state index >= 15 is 0 Å². The number of phenolic OH excluding ortho intramolecular Hbond substituents is 4.